The predicted molar refractivity (Wildman–Crippen MR) is 165 cm³/mol. The summed E-state index contributed by atoms with van der Waals surface area (Å²) in [6.45, 7) is 5.47. The van der Waals surface area contributed by atoms with Crippen LogP contribution in [-0.4, -0.2) is 58.5 Å². The molecule has 4 aromatic rings. The van der Waals surface area contributed by atoms with Crippen LogP contribution < -0.4 is 21.4 Å². The third-order valence-electron chi connectivity index (χ3n) is 6.98. The van der Waals surface area contributed by atoms with Crippen LogP contribution in [0.25, 0.3) is 10.9 Å². The SMILES string of the molecule is Cc1c(N(NC(C)(C)C(=O)N(C)CCc2ccccn2)C(=O)CCNC(=O)OCc2ccccc2)ccc2ncoc(=O)c12. The lowest BCUT2D eigenvalue weighted by molar-refractivity contribution is -0.136. The summed E-state index contributed by atoms with van der Waals surface area (Å²) in [6, 6.07) is 18.1. The molecule has 0 bridgehead atoms. The number of anilines is 1. The number of nitrogens with one attached hydrogen (secondary N) is 2. The summed E-state index contributed by atoms with van der Waals surface area (Å²) in [4.78, 5) is 62.1. The molecular weight excluding hydrogens is 564 g/mol. The predicted octanol–water partition coefficient (Wildman–Crippen LogP) is 3.53. The molecule has 4 rings (SSSR count). The summed E-state index contributed by atoms with van der Waals surface area (Å²) >= 11 is 0. The van der Waals surface area contributed by atoms with Gasteiger partial charge in [0.25, 0.3) is 0 Å². The average molecular weight is 601 g/mol. The minimum absolute atomic E-state index is 0.0285. The van der Waals surface area contributed by atoms with Gasteiger partial charge in [0.05, 0.1) is 16.6 Å². The summed E-state index contributed by atoms with van der Waals surface area (Å²) in [5, 5.41) is 4.04. The average Bonchev–Trinajstić information content (AvgIpc) is 3.02. The summed E-state index contributed by atoms with van der Waals surface area (Å²) in [7, 11) is 1.68. The summed E-state index contributed by atoms with van der Waals surface area (Å²) < 4.78 is 10.2. The number of hydrazine groups is 1. The Balaban J connectivity index is 1.50. The van der Waals surface area contributed by atoms with Gasteiger partial charge >= 0.3 is 11.7 Å². The van der Waals surface area contributed by atoms with Crippen LogP contribution in [0.4, 0.5) is 10.5 Å². The minimum atomic E-state index is -1.25. The standard InChI is InChI=1S/C32H36N6O6/c1-22-26(14-13-25-28(22)29(40)44-21-35-25)38(27(39)15-18-34-31(42)43-20-23-10-6-5-7-11-23)36-32(2,3)30(41)37(4)19-16-24-12-8-9-17-33-24/h5-14,17,21,36H,15-16,18-20H2,1-4H3,(H,34,42). The van der Waals surface area contributed by atoms with E-state index in [0.717, 1.165) is 17.7 Å². The van der Waals surface area contributed by atoms with Gasteiger partial charge in [-0.15, -0.1) is 0 Å². The highest BCUT2D eigenvalue weighted by Gasteiger charge is 2.35. The van der Waals surface area contributed by atoms with Crippen molar-refractivity contribution >= 4 is 34.5 Å². The van der Waals surface area contributed by atoms with Crippen molar-refractivity contribution in [1.82, 2.24) is 25.6 Å². The lowest BCUT2D eigenvalue weighted by Crippen LogP contribution is -2.61. The molecule has 230 valence electrons. The van der Waals surface area contributed by atoms with Crippen LogP contribution in [0.5, 0.6) is 0 Å². The normalized spacial score (nSPS) is 11.2. The zero-order valence-corrected chi connectivity index (χ0v) is 25.2. The number of nitrogens with zero attached hydrogens (tertiary/aromatic N) is 4. The van der Waals surface area contributed by atoms with Crippen molar-refractivity contribution in [3.8, 4) is 0 Å². The highest BCUT2D eigenvalue weighted by molar-refractivity contribution is 5.98. The van der Waals surface area contributed by atoms with Gasteiger partial charge in [-0.2, -0.15) is 0 Å². The molecule has 2 heterocycles. The third-order valence-corrected chi connectivity index (χ3v) is 6.98. The number of likely N-dealkylation sites (N-methyl/N-ethyl adjacent to an activating group) is 1. The van der Waals surface area contributed by atoms with Crippen molar-refractivity contribution in [2.45, 2.75) is 45.8 Å². The van der Waals surface area contributed by atoms with E-state index in [2.05, 4.69) is 20.7 Å². The first-order valence-electron chi connectivity index (χ1n) is 14.1. The number of carbonyl (C=O) groups is 3. The summed E-state index contributed by atoms with van der Waals surface area (Å²) in [5.74, 6) is -0.727. The lowest BCUT2D eigenvalue weighted by atomic mass is 10.0. The number of ether oxygens (including phenoxy) is 1. The van der Waals surface area contributed by atoms with Gasteiger partial charge in [-0.25, -0.2) is 25.0 Å². The Morgan fingerprint density at radius 3 is 2.48 bits per heavy atom. The zero-order valence-electron chi connectivity index (χ0n) is 25.2. The molecule has 0 radical (unpaired) electrons. The topological polar surface area (TPSA) is 147 Å². The first-order valence-corrected chi connectivity index (χ1v) is 14.1. The highest BCUT2D eigenvalue weighted by Crippen LogP contribution is 2.26. The van der Waals surface area contributed by atoms with Crippen molar-refractivity contribution in [3.05, 3.63) is 100 Å². The van der Waals surface area contributed by atoms with Crippen molar-refractivity contribution < 1.29 is 23.5 Å². The Bertz CT molecular complexity index is 1660. The number of fused-ring (bicyclic) bond motifs is 1. The lowest BCUT2D eigenvalue weighted by Gasteiger charge is -2.36. The molecule has 12 heteroatoms. The molecule has 0 aliphatic carbocycles. The maximum Gasteiger partial charge on any atom is 0.407 e. The fourth-order valence-electron chi connectivity index (χ4n) is 4.63. The van der Waals surface area contributed by atoms with Gasteiger partial charge in [-0.3, -0.25) is 14.6 Å². The van der Waals surface area contributed by atoms with Crippen LogP contribution in [0, 0.1) is 6.92 Å². The van der Waals surface area contributed by atoms with Crippen LogP contribution in [0.2, 0.25) is 0 Å². The fraction of sp³-hybridized carbons (Fsp3) is 0.312. The first-order chi connectivity index (χ1) is 21.1. The molecule has 0 spiro atoms. The number of aryl methyl sites for hydroxylation is 1. The van der Waals surface area contributed by atoms with Crippen molar-refractivity contribution in [2.75, 3.05) is 25.1 Å². The zero-order chi connectivity index (χ0) is 31.7. The van der Waals surface area contributed by atoms with E-state index in [9.17, 15) is 19.2 Å². The number of carbonyl (C=O) groups excluding carboxylic acids is 3. The maximum atomic E-state index is 13.7. The maximum absolute atomic E-state index is 13.7. The monoisotopic (exact) mass is 600 g/mol. The van der Waals surface area contributed by atoms with Crippen LogP contribution in [0.3, 0.4) is 0 Å². The number of hydrogen-bond donors (Lipinski definition) is 2. The molecular formula is C32H36N6O6. The Labute approximate surface area is 255 Å². The molecule has 0 unspecified atom stereocenters. The molecule has 2 aromatic heterocycles. The van der Waals surface area contributed by atoms with E-state index in [4.69, 9.17) is 9.15 Å². The molecule has 0 saturated heterocycles. The van der Waals surface area contributed by atoms with E-state index in [0.29, 0.717) is 29.7 Å². The molecule has 0 atom stereocenters. The second-order valence-electron chi connectivity index (χ2n) is 10.7. The van der Waals surface area contributed by atoms with Gasteiger partial charge < -0.3 is 19.4 Å². The van der Waals surface area contributed by atoms with Crippen LogP contribution >= 0.6 is 0 Å². The second kappa shape index (κ2) is 14.4. The molecule has 0 saturated carbocycles. The molecule has 2 aromatic carbocycles. The Morgan fingerprint density at radius 2 is 1.75 bits per heavy atom. The highest BCUT2D eigenvalue weighted by atomic mass is 16.5. The van der Waals surface area contributed by atoms with Crippen LogP contribution in [0.1, 0.15) is 37.1 Å². The van der Waals surface area contributed by atoms with E-state index >= 15 is 0 Å². The molecule has 2 N–H and O–H groups in total. The molecule has 0 aliphatic heterocycles. The first kappa shape index (κ1) is 31.8. The Kier molecular flexibility index (Phi) is 10.4. The number of amides is 3. The number of rotatable bonds is 12. The van der Waals surface area contributed by atoms with E-state index < -0.39 is 23.2 Å². The van der Waals surface area contributed by atoms with Gasteiger partial charge in [-0.1, -0.05) is 36.4 Å². The van der Waals surface area contributed by atoms with Crippen molar-refractivity contribution in [3.63, 3.8) is 0 Å². The largest absolute Gasteiger partial charge is 0.445 e. The van der Waals surface area contributed by atoms with Crippen molar-refractivity contribution in [1.29, 1.82) is 0 Å². The van der Waals surface area contributed by atoms with Crippen LogP contribution in [0.15, 0.2) is 82.5 Å². The number of pyridine rings is 1. The Hall–Kier alpha value is -5.10. The minimum Gasteiger partial charge on any atom is -0.445 e. The second-order valence-corrected chi connectivity index (χ2v) is 10.7. The molecule has 12 nitrogen and oxygen atoms in total. The van der Waals surface area contributed by atoms with E-state index in [1.165, 1.54) is 5.01 Å². The third kappa shape index (κ3) is 8.04. The van der Waals surface area contributed by atoms with Gasteiger partial charge in [0.2, 0.25) is 11.8 Å². The molecule has 0 aliphatic rings. The van der Waals surface area contributed by atoms with E-state index in [-0.39, 0.29) is 30.9 Å². The molecule has 44 heavy (non-hydrogen) atoms. The van der Waals surface area contributed by atoms with E-state index in [1.807, 2.05) is 48.5 Å². The van der Waals surface area contributed by atoms with Crippen molar-refractivity contribution in [2.24, 2.45) is 0 Å². The van der Waals surface area contributed by atoms with Gasteiger partial charge in [0, 0.05) is 44.9 Å². The number of benzene rings is 2. The smallest absolute Gasteiger partial charge is 0.407 e. The summed E-state index contributed by atoms with van der Waals surface area (Å²) in [5.41, 5.74) is 4.09. The number of hydrogen-bond acceptors (Lipinski definition) is 9. The quantitative estimate of drug-likeness (QED) is 0.233. The fourth-order valence-corrected chi connectivity index (χ4v) is 4.63. The Morgan fingerprint density at radius 1 is 1.00 bits per heavy atom. The number of aromatic nitrogens is 2. The molecule has 0 fully saturated rings. The molecule has 3 amide bonds. The summed E-state index contributed by atoms with van der Waals surface area (Å²) in [6.07, 6.45) is 2.52. The van der Waals surface area contributed by atoms with Gasteiger partial charge in [-0.05, 0) is 56.2 Å². The van der Waals surface area contributed by atoms with Crippen LogP contribution in [-0.2, 0) is 27.4 Å². The number of alkyl carbamates (subject to hydrolysis) is 1. The van der Waals surface area contributed by atoms with E-state index in [1.54, 1.807) is 51.0 Å². The van der Waals surface area contributed by atoms with Gasteiger partial charge in [0.1, 0.15) is 12.1 Å². The van der Waals surface area contributed by atoms with Gasteiger partial charge in [0.15, 0.2) is 6.39 Å².